The smallest absolute Gasteiger partial charge is 0.324 e. The van der Waals surface area contributed by atoms with Gasteiger partial charge in [0.25, 0.3) is 5.89 Å². The Kier molecular flexibility index (Phi) is 6.78. The number of anilines is 1. The topological polar surface area (TPSA) is 87.8 Å². The molecule has 1 fully saturated rings. The lowest BCUT2D eigenvalue weighted by Gasteiger charge is -2.36. The van der Waals surface area contributed by atoms with Crippen molar-refractivity contribution in [3.63, 3.8) is 0 Å². The third kappa shape index (κ3) is 5.25. The van der Waals surface area contributed by atoms with Crippen molar-refractivity contribution >= 4 is 11.7 Å². The Morgan fingerprint density at radius 3 is 2.61 bits per heavy atom. The second-order valence-electron chi connectivity index (χ2n) is 7.64. The molecule has 0 spiro atoms. The number of alkyl halides is 2. The Hall–Kier alpha value is -3.60. The molecular formula is C22H24F2N6O3. The van der Waals surface area contributed by atoms with E-state index in [1.54, 1.807) is 30.2 Å². The molecule has 1 aliphatic rings. The highest BCUT2D eigenvalue weighted by molar-refractivity contribution is 5.92. The minimum absolute atomic E-state index is 0.0393. The van der Waals surface area contributed by atoms with Crippen molar-refractivity contribution in [3.8, 4) is 17.2 Å². The number of halogens is 2. The van der Waals surface area contributed by atoms with Crippen LogP contribution in [0.5, 0.6) is 5.75 Å². The molecule has 0 aliphatic carbocycles. The molecule has 1 aliphatic heterocycles. The lowest BCUT2D eigenvalue weighted by molar-refractivity contribution is 0.116. The fourth-order valence-electron chi connectivity index (χ4n) is 3.46. The van der Waals surface area contributed by atoms with Gasteiger partial charge in [0.15, 0.2) is 0 Å². The summed E-state index contributed by atoms with van der Waals surface area (Å²) in [4.78, 5) is 23.5. The fourth-order valence-corrected chi connectivity index (χ4v) is 3.46. The molecule has 2 amide bonds. The highest BCUT2D eigenvalue weighted by Crippen LogP contribution is 2.26. The lowest BCUT2D eigenvalue weighted by Crippen LogP contribution is -2.52. The van der Waals surface area contributed by atoms with E-state index in [-0.39, 0.29) is 18.5 Å². The summed E-state index contributed by atoms with van der Waals surface area (Å²) in [6.07, 6.45) is -1.38. The number of nitrogens with zero attached hydrogens (tertiary/aromatic N) is 6. The Morgan fingerprint density at radius 2 is 1.97 bits per heavy atom. The summed E-state index contributed by atoms with van der Waals surface area (Å²) in [6.45, 7) is 3.08. The van der Waals surface area contributed by atoms with Crippen LogP contribution in [0.1, 0.15) is 18.0 Å². The summed E-state index contributed by atoms with van der Waals surface area (Å²) in [5.74, 6) is -0.142. The molecule has 3 aromatic rings. The van der Waals surface area contributed by atoms with Gasteiger partial charge in [0, 0.05) is 44.1 Å². The Labute approximate surface area is 189 Å². The SMILES string of the molecule is COc1cccc(N(Cc2ccc(-c3nnc(C(F)F)o3)cn2)C(=O)N2CCN(C)CC2)c1. The van der Waals surface area contributed by atoms with Crippen LogP contribution in [0.2, 0.25) is 0 Å². The van der Waals surface area contributed by atoms with Gasteiger partial charge in [0.1, 0.15) is 5.75 Å². The van der Waals surface area contributed by atoms with E-state index in [2.05, 4.69) is 20.1 Å². The average Bonchev–Trinajstić information content (AvgIpc) is 3.34. The van der Waals surface area contributed by atoms with E-state index in [0.717, 1.165) is 13.1 Å². The number of aromatic nitrogens is 3. The molecule has 0 radical (unpaired) electrons. The zero-order chi connectivity index (χ0) is 23.4. The Balaban J connectivity index is 1.57. The van der Waals surface area contributed by atoms with Gasteiger partial charge >= 0.3 is 12.5 Å². The molecule has 0 atom stereocenters. The van der Waals surface area contributed by atoms with E-state index in [0.29, 0.717) is 35.8 Å². The summed E-state index contributed by atoms with van der Waals surface area (Å²) >= 11 is 0. The third-order valence-electron chi connectivity index (χ3n) is 5.39. The number of piperazine rings is 1. The van der Waals surface area contributed by atoms with Crippen LogP contribution in [-0.4, -0.2) is 71.3 Å². The monoisotopic (exact) mass is 458 g/mol. The summed E-state index contributed by atoms with van der Waals surface area (Å²) in [5.41, 5.74) is 1.71. The molecule has 2 aromatic heterocycles. The molecule has 1 aromatic carbocycles. The van der Waals surface area contributed by atoms with Gasteiger partial charge < -0.3 is 19.0 Å². The molecule has 174 valence electrons. The number of methoxy groups -OCH3 is 1. The van der Waals surface area contributed by atoms with Crippen molar-refractivity contribution in [1.29, 1.82) is 0 Å². The zero-order valence-electron chi connectivity index (χ0n) is 18.3. The van der Waals surface area contributed by atoms with Crippen molar-refractivity contribution in [2.45, 2.75) is 13.0 Å². The number of pyridine rings is 1. The van der Waals surface area contributed by atoms with Crippen LogP contribution in [-0.2, 0) is 6.54 Å². The number of rotatable bonds is 6. The standard InChI is InChI=1S/C22H24F2N6O3/c1-28-8-10-29(11-9-28)22(31)30(17-4-3-5-18(12-17)32-2)14-16-7-6-15(13-25-16)20-26-27-21(33-20)19(23)24/h3-7,12-13,19H,8-11,14H2,1-2H3. The first-order valence-electron chi connectivity index (χ1n) is 10.4. The predicted octanol–water partition coefficient (Wildman–Crippen LogP) is 3.45. The number of hydrogen-bond donors (Lipinski definition) is 0. The molecule has 33 heavy (non-hydrogen) atoms. The number of carbonyl (C=O) groups excluding carboxylic acids is 1. The third-order valence-corrected chi connectivity index (χ3v) is 5.39. The number of ether oxygens (including phenoxy) is 1. The summed E-state index contributed by atoms with van der Waals surface area (Å²) < 4.78 is 35.7. The van der Waals surface area contributed by atoms with Gasteiger partial charge in [0.2, 0.25) is 5.89 Å². The van der Waals surface area contributed by atoms with E-state index >= 15 is 0 Å². The van der Waals surface area contributed by atoms with Crippen molar-refractivity contribution in [3.05, 3.63) is 54.2 Å². The molecule has 4 rings (SSSR count). The minimum Gasteiger partial charge on any atom is -0.497 e. The molecule has 0 saturated carbocycles. The van der Waals surface area contributed by atoms with E-state index in [1.165, 1.54) is 6.20 Å². The van der Waals surface area contributed by atoms with Gasteiger partial charge in [-0.05, 0) is 31.3 Å². The average molecular weight is 458 g/mol. The Bertz CT molecular complexity index is 1080. The fraction of sp³-hybridized carbons (Fsp3) is 0.364. The van der Waals surface area contributed by atoms with Crippen LogP contribution < -0.4 is 9.64 Å². The minimum atomic E-state index is -2.84. The van der Waals surface area contributed by atoms with Crippen LogP contribution in [0.15, 0.2) is 47.0 Å². The zero-order valence-corrected chi connectivity index (χ0v) is 18.3. The summed E-state index contributed by atoms with van der Waals surface area (Å²) in [5, 5.41) is 6.97. The van der Waals surface area contributed by atoms with Crippen molar-refractivity contribution in [2.24, 2.45) is 0 Å². The van der Waals surface area contributed by atoms with E-state index in [1.807, 2.05) is 30.1 Å². The largest absolute Gasteiger partial charge is 0.497 e. The normalized spacial score (nSPS) is 14.5. The second kappa shape index (κ2) is 9.90. The maximum Gasteiger partial charge on any atom is 0.324 e. The highest BCUT2D eigenvalue weighted by atomic mass is 19.3. The van der Waals surface area contributed by atoms with E-state index in [9.17, 15) is 13.6 Å². The van der Waals surface area contributed by atoms with E-state index in [4.69, 9.17) is 9.15 Å². The first-order chi connectivity index (χ1) is 15.9. The van der Waals surface area contributed by atoms with Crippen LogP contribution >= 0.6 is 0 Å². The number of benzene rings is 1. The molecule has 9 nitrogen and oxygen atoms in total. The van der Waals surface area contributed by atoms with Crippen molar-refractivity contribution in [1.82, 2.24) is 25.0 Å². The molecule has 11 heteroatoms. The molecule has 0 unspecified atom stereocenters. The number of carbonyl (C=O) groups is 1. The van der Waals surface area contributed by atoms with Crippen LogP contribution in [0.4, 0.5) is 19.3 Å². The predicted molar refractivity (Wildman–Crippen MR) is 116 cm³/mol. The molecule has 0 bridgehead atoms. The molecule has 1 saturated heterocycles. The van der Waals surface area contributed by atoms with Gasteiger partial charge in [-0.1, -0.05) is 6.07 Å². The first-order valence-corrected chi connectivity index (χ1v) is 10.4. The van der Waals surface area contributed by atoms with Gasteiger partial charge in [-0.25, -0.2) is 4.79 Å². The van der Waals surface area contributed by atoms with Crippen molar-refractivity contribution < 1.29 is 22.7 Å². The number of hydrogen-bond acceptors (Lipinski definition) is 7. The quantitative estimate of drug-likeness (QED) is 0.559. The maximum absolute atomic E-state index is 13.4. The van der Waals surface area contributed by atoms with Gasteiger partial charge in [-0.3, -0.25) is 9.88 Å². The maximum atomic E-state index is 13.4. The number of urea groups is 1. The second-order valence-corrected chi connectivity index (χ2v) is 7.64. The van der Waals surface area contributed by atoms with Crippen LogP contribution in [0.25, 0.3) is 11.5 Å². The Morgan fingerprint density at radius 1 is 1.18 bits per heavy atom. The summed E-state index contributed by atoms with van der Waals surface area (Å²) in [7, 11) is 3.60. The lowest BCUT2D eigenvalue weighted by atomic mass is 10.2. The number of amides is 2. The van der Waals surface area contributed by atoms with Crippen molar-refractivity contribution in [2.75, 3.05) is 45.2 Å². The van der Waals surface area contributed by atoms with Crippen LogP contribution in [0.3, 0.4) is 0 Å². The molecular weight excluding hydrogens is 434 g/mol. The van der Waals surface area contributed by atoms with Gasteiger partial charge in [-0.2, -0.15) is 8.78 Å². The van der Waals surface area contributed by atoms with Gasteiger partial charge in [-0.15, -0.1) is 10.2 Å². The highest BCUT2D eigenvalue weighted by Gasteiger charge is 2.26. The first kappa shape index (κ1) is 22.6. The molecule has 0 N–H and O–H groups in total. The molecule has 3 heterocycles. The number of likely N-dealkylation sites (N-methyl/N-ethyl adjacent to an activating group) is 1. The summed E-state index contributed by atoms with van der Waals surface area (Å²) in [6, 6.07) is 10.5. The van der Waals surface area contributed by atoms with E-state index < -0.39 is 12.3 Å². The van der Waals surface area contributed by atoms with Crippen LogP contribution in [0, 0.1) is 0 Å². The van der Waals surface area contributed by atoms with Gasteiger partial charge in [0.05, 0.1) is 24.9 Å².